The fourth-order valence-electron chi connectivity index (χ4n) is 3.20. The van der Waals surface area contributed by atoms with Gasteiger partial charge in [0.25, 0.3) is 15.9 Å². The van der Waals surface area contributed by atoms with Gasteiger partial charge in [0.15, 0.2) is 0 Å². The molecule has 0 unspecified atom stereocenters. The second-order valence-corrected chi connectivity index (χ2v) is 9.58. The Morgan fingerprint density at radius 2 is 1.62 bits per heavy atom. The second-order valence-electron chi connectivity index (χ2n) is 7.49. The summed E-state index contributed by atoms with van der Waals surface area (Å²) < 4.78 is 33.4. The van der Waals surface area contributed by atoms with E-state index in [1.54, 1.807) is 36.4 Å². The number of carbonyl (C=O) groups is 1. The van der Waals surface area contributed by atoms with E-state index in [0.29, 0.717) is 27.7 Å². The van der Waals surface area contributed by atoms with Crippen LogP contribution >= 0.6 is 11.6 Å². The summed E-state index contributed by atoms with van der Waals surface area (Å²) in [5.41, 5.74) is 2.79. The van der Waals surface area contributed by atoms with Crippen LogP contribution in [0.5, 0.6) is 0 Å². The Bertz CT molecular complexity index is 1430. The molecule has 0 aliphatic rings. The Kier molecular flexibility index (Phi) is 6.86. The average Bonchev–Trinajstić information content (AvgIpc) is 3.34. The molecule has 6 nitrogen and oxygen atoms in total. The fraction of sp³-hybridized carbons (Fsp3) is 0.0385. The van der Waals surface area contributed by atoms with E-state index in [-0.39, 0.29) is 10.8 Å². The molecule has 0 fully saturated rings. The number of nitrogens with one attached hydrogen (secondary N) is 2. The van der Waals surface area contributed by atoms with E-state index in [1.165, 1.54) is 30.5 Å². The summed E-state index contributed by atoms with van der Waals surface area (Å²) in [6, 6.07) is 23.5. The molecular formula is C26H21ClN2O4S. The zero-order valence-electron chi connectivity index (χ0n) is 18.2. The number of halogens is 1. The third-order valence-electron chi connectivity index (χ3n) is 5.01. The van der Waals surface area contributed by atoms with Crippen molar-refractivity contribution in [2.45, 2.75) is 11.8 Å². The summed E-state index contributed by atoms with van der Waals surface area (Å²) in [6.45, 7) is 1.83. The van der Waals surface area contributed by atoms with Gasteiger partial charge in [-0.1, -0.05) is 48.0 Å². The summed E-state index contributed by atoms with van der Waals surface area (Å²) in [5.74, 6) is 0.184. The van der Waals surface area contributed by atoms with E-state index in [1.807, 2.05) is 37.3 Å². The predicted octanol–water partition coefficient (Wildman–Crippen LogP) is 6.22. The third kappa shape index (κ3) is 5.57. The Labute approximate surface area is 202 Å². The van der Waals surface area contributed by atoms with Crippen molar-refractivity contribution >= 4 is 50.6 Å². The van der Waals surface area contributed by atoms with Gasteiger partial charge in [-0.2, -0.15) is 0 Å². The molecule has 0 radical (unpaired) electrons. The summed E-state index contributed by atoms with van der Waals surface area (Å²) in [7, 11) is -3.83. The Hall–Kier alpha value is -3.81. The van der Waals surface area contributed by atoms with Crippen molar-refractivity contribution in [1.82, 2.24) is 0 Å². The third-order valence-corrected chi connectivity index (χ3v) is 6.81. The molecule has 0 aliphatic carbocycles. The normalized spacial score (nSPS) is 11.8. The molecule has 0 atom stereocenters. The van der Waals surface area contributed by atoms with Crippen LogP contribution in [0.4, 0.5) is 11.4 Å². The molecule has 8 heteroatoms. The molecule has 1 amide bonds. The van der Waals surface area contributed by atoms with Crippen LogP contribution in [-0.4, -0.2) is 14.3 Å². The van der Waals surface area contributed by atoms with Crippen LogP contribution in [0.25, 0.3) is 11.6 Å². The van der Waals surface area contributed by atoms with E-state index >= 15 is 0 Å². The lowest BCUT2D eigenvalue weighted by Gasteiger charge is -2.11. The molecule has 1 aromatic heterocycles. The minimum Gasteiger partial charge on any atom is -0.465 e. The molecule has 0 saturated carbocycles. The quantitative estimate of drug-likeness (QED) is 0.300. The Morgan fingerprint density at radius 1 is 0.912 bits per heavy atom. The molecule has 0 spiro atoms. The lowest BCUT2D eigenvalue weighted by atomic mass is 10.0. The lowest BCUT2D eigenvalue weighted by Crippen LogP contribution is -2.15. The zero-order chi connectivity index (χ0) is 24.1. The smallest absolute Gasteiger partial charge is 0.261 e. The van der Waals surface area contributed by atoms with E-state index < -0.39 is 10.0 Å². The first kappa shape index (κ1) is 23.4. The van der Waals surface area contributed by atoms with Crippen molar-refractivity contribution in [2.24, 2.45) is 0 Å². The van der Waals surface area contributed by atoms with Gasteiger partial charge in [-0.25, -0.2) is 8.42 Å². The van der Waals surface area contributed by atoms with Crippen molar-refractivity contribution in [3.05, 3.63) is 113 Å². The van der Waals surface area contributed by atoms with Gasteiger partial charge in [0.05, 0.1) is 22.4 Å². The number of aryl methyl sites for hydroxylation is 1. The van der Waals surface area contributed by atoms with Crippen molar-refractivity contribution in [3.63, 3.8) is 0 Å². The van der Waals surface area contributed by atoms with Gasteiger partial charge < -0.3 is 9.73 Å². The standard InChI is InChI=1S/C26H21ClN2O4S/c1-18-9-10-21(16-25(18)27)29-34(31,32)23-13-11-20(12-14-23)28-26(30)24(17-22-8-5-15-33-22)19-6-3-2-4-7-19/h2-17,29H,1H3,(H,28,30)/b24-17+. The highest BCUT2D eigenvalue weighted by molar-refractivity contribution is 7.92. The zero-order valence-corrected chi connectivity index (χ0v) is 19.7. The van der Waals surface area contributed by atoms with Gasteiger partial charge in [-0.05, 0) is 72.7 Å². The average molecular weight is 493 g/mol. The molecule has 2 N–H and O–H groups in total. The van der Waals surface area contributed by atoms with Crippen molar-refractivity contribution in [3.8, 4) is 0 Å². The van der Waals surface area contributed by atoms with E-state index in [2.05, 4.69) is 10.0 Å². The molecule has 0 saturated heterocycles. The maximum atomic E-state index is 13.1. The fourth-order valence-corrected chi connectivity index (χ4v) is 4.43. The highest BCUT2D eigenvalue weighted by Crippen LogP contribution is 2.24. The van der Waals surface area contributed by atoms with E-state index in [4.69, 9.17) is 16.0 Å². The number of benzene rings is 3. The van der Waals surface area contributed by atoms with E-state index in [9.17, 15) is 13.2 Å². The van der Waals surface area contributed by atoms with Gasteiger partial charge in [-0.15, -0.1) is 0 Å². The number of hydrogen-bond donors (Lipinski definition) is 2. The minimum atomic E-state index is -3.83. The number of carbonyl (C=O) groups excluding carboxylic acids is 1. The number of furan rings is 1. The first-order valence-electron chi connectivity index (χ1n) is 10.3. The summed E-state index contributed by atoms with van der Waals surface area (Å²) in [5, 5.41) is 3.28. The number of anilines is 2. The van der Waals surface area contributed by atoms with Crippen molar-refractivity contribution < 1.29 is 17.6 Å². The van der Waals surface area contributed by atoms with Crippen LogP contribution in [0.3, 0.4) is 0 Å². The van der Waals surface area contributed by atoms with Gasteiger partial charge in [0.1, 0.15) is 5.76 Å². The minimum absolute atomic E-state index is 0.0524. The molecule has 4 rings (SSSR count). The first-order valence-corrected chi connectivity index (χ1v) is 12.2. The number of rotatable bonds is 7. The SMILES string of the molecule is Cc1ccc(NS(=O)(=O)c2ccc(NC(=O)/C(=C/c3ccco3)c3ccccc3)cc2)cc1Cl. The van der Waals surface area contributed by atoms with E-state index in [0.717, 1.165) is 11.1 Å². The summed E-state index contributed by atoms with van der Waals surface area (Å²) in [4.78, 5) is 13.1. The monoisotopic (exact) mass is 492 g/mol. The van der Waals surface area contributed by atoms with Gasteiger partial charge in [-0.3, -0.25) is 9.52 Å². The maximum absolute atomic E-state index is 13.1. The highest BCUT2D eigenvalue weighted by Gasteiger charge is 2.17. The molecular weight excluding hydrogens is 472 g/mol. The summed E-state index contributed by atoms with van der Waals surface area (Å²) in [6.07, 6.45) is 3.18. The number of amides is 1. The molecule has 172 valence electrons. The van der Waals surface area contributed by atoms with Crippen LogP contribution in [0.1, 0.15) is 16.9 Å². The first-order chi connectivity index (χ1) is 16.3. The molecule has 0 aliphatic heterocycles. The van der Waals surface area contributed by atoms with Crippen LogP contribution in [0, 0.1) is 6.92 Å². The Morgan fingerprint density at radius 3 is 2.26 bits per heavy atom. The largest absolute Gasteiger partial charge is 0.465 e. The van der Waals surface area contributed by atoms with Crippen LogP contribution < -0.4 is 10.0 Å². The predicted molar refractivity (Wildman–Crippen MR) is 135 cm³/mol. The van der Waals surface area contributed by atoms with Gasteiger partial charge in [0.2, 0.25) is 0 Å². The summed E-state index contributed by atoms with van der Waals surface area (Å²) >= 11 is 6.09. The topological polar surface area (TPSA) is 88.4 Å². The lowest BCUT2D eigenvalue weighted by molar-refractivity contribution is -0.111. The van der Waals surface area contributed by atoms with Crippen molar-refractivity contribution in [1.29, 1.82) is 0 Å². The molecule has 3 aromatic carbocycles. The number of hydrogen-bond acceptors (Lipinski definition) is 4. The molecule has 1 heterocycles. The van der Waals surface area contributed by atoms with Gasteiger partial charge in [0, 0.05) is 10.7 Å². The van der Waals surface area contributed by atoms with Crippen LogP contribution in [0.2, 0.25) is 5.02 Å². The van der Waals surface area contributed by atoms with Crippen LogP contribution in [-0.2, 0) is 14.8 Å². The highest BCUT2D eigenvalue weighted by atomic mass is 35.5. The van der Waals surface area contributed by atoms with Crippen molar-refractivity contribution in [2.75, 3.05) is 10.0 Å². The van der Waals surface area contributed by atoms with Gasteiger partial charge >= 0.3 is 0 Å². The van der Waals surface area contributed by atoms with Crippen LogP contribution in [0.15, 0.2) is 101 Å². The molecule has 4 aromatic rings. The molecule has 34 heavy (non-hydrogen) atoms. The maximum Gasteiger partial charge on any atom is 0.261 e. The Balaban J connectivity index is 1.53. The molecule has 0 bridgehead atoms. The second kappa shape index (κ2) is 9.99. The number of sulfonamides is 1.